The molecule has 3 nitrogen and oxygen atoms in total. The van der Waals surface area contributed by atoms with Gasteiger partial charge in [-0.15, -0.1) is 0 Å². The molecule has 0 fully saturated rings. The van der Waals surface area contributed by atoms with Crippen LogP contribution in [0.3, 0.4) is 0 Å². The maximum atomic E-state index is 10.5. The zero-order chi connectivity index (χ0) is 9.84. The summed E-state index contributed by atoms with van der Waals surface area (Å²) in [6, 6.07) is 4.61. The van der Waals surface area contributed by atoms with Gasteiger partial charge in [-0.1, -0.05) is 15.9 Å². The van der Waals surface area contributed by atoms with Crippen LogP contribution in [0.15, 0.2) is 22.7 Å². The molecule has 0 atom stereocenters. The molecule has 70 valence electrons. The third-order valence-electron chi connectivity index (χ3n) is 1.42. The zero-order valence-corrected chi connectivity index (χ0v) is 8.63. The SMILES string of the molecule is CCOc1cc(Br)cc(C(=O)[O-])c1. The molecule has 0 saturated heterocycles. The number of carboxylic acid groups (broad SMARTS) is 1. The van der Waals surface area contributed by atoms with E-state index in [2.05, 4.69) is 15.9 Å². The number of carboxylic acids is 1. The van der Waals surface area contributed by atoms with E-state index in [1.54, 1.807) is 6.07 Å². The van der Waals surface area contributed by atoms with E-state index in [4.69, 9.17) is 4.74 Å². The highest BCUT2D eigenvalue weighted by Crippen LogP contribution is 2.21. The molecule has 0 aliphatic carbocycles. The summed E-state index contributed by atoms with van der Waals surface area (Å²) in [7, 11) is 0. The minimum absolute atomic E-state index is 0.109. The Labute approximate surface area is 84.5 Å². The number of halogens is 1. The van der Waals surface area contributed by atoms with Crippen LogP contribution < -0.4 is 9.84 Å². The fourth-order valence-corrected chi connectivity index (χ4v) is 1.40. The Morgan fingerprint density at radius 2 is 2.23 bits per heavy atom. The second kappa shape index (κ2) is 4.28. The lowest BCUT2D eigenvalue weighted by atomic mass is 10.2. The van der Waals surface area contributed by atoms with E-state index in [-0.39, 0.29) is 5.56 Å². The van der Waals surface area contributed by atoms with Crippen LogP contribution in [-0.2, 0) is 0 Å². The summed E-state index contributed by atoms with van der Waals surface area (Å²) >= 11 is 3.18. The number of ether oxygens (including phenoxy) is 1. The lowest BCUT2D eigenvalue weighted by Crippen LogP contribution is -2.22. The van der Waals surface area contributed by atoms with Gasteiger partial charge in [-0.3, -0.25) is 0 Å². The van der Waals surface area contributed by atoms with E-state index < -0.39 is 5.97 Å². The summed E-state index contributed by atoms with van der Waals surface area (Å²) < 4.78 is 5.82. The Balaban J connectivity index is 3.03. The summed E-state index contributed by atoms with van der Waals surface area (Å²) in [4.78, 5) is 10.5. The predicted molar refractivity (Wildman–Crippen MR) is 49.6 cm³/mol. The Bertz CT molecular complexity index is 323. The average Bonchev–Trinajstić information content (AvgIpc) is 2.03. The highest BCUT2D eigenvalue weighted by molar-refractivity contribution is 9.10. The fraction of sp³-hybridized carbons (Fsp3) is 0.222. The van der Waals surface area contributed by atoms with Crippen LogP contribution in [0, 0.1) is 0 Å². The molecule has 0 radical (unpaired) electrons. The summed E-state index contributed by atoms with van der Waals surface area (Å²) in [5.74, 6) is -0.682. The van der Waals surface area contributed by atoms with Gasteiger partial charge in [-0.2, -0.15) is 0 Å². The van der Waals surface area contributed by atoms with Crippen LogP contribution in [0.25, 0.3) is 0 Å². The maximum absolute atomic E-state index is 10.5. The molecule has 0 heterocycles. The largest absolute Gasteiger partial charge is 0.545 e. The second-order valence-electron chi connectivity index (χ2n) is 2.40. The van der Waals surface area contributed by atoms with Gasteiger partial charge in [-0.25, -0.2) is 0 Å². The van der Waals surface area contributed by atoms with Crippen LogP contribution in [-0.4, -0.2) is 12.6 Å². The van der Waals surface area contributed by atoms with E-state index in [0.717, 1.165) is 0 Å². The van der Waals surface area contributed by atoms with Gasteiger partial charge in [0.1, 0.15) is 5.75 Å². The summed E-state index contributed by atoms with van der Waals surface area (Å²) in [5.41, 5.74) is 0.109. The molecular formula is C9H8BrO3-. The third kappa shape index (κ3) is 2.73. The van der Waals surface area contributed by atoms with E-state index in [9.17, 15) is 9.90 Å². The number of hydrogen-bond acceptors (Lipinski definition) is 3. The van der Waals surface area contributed by atoms with Gasteiger partial charge in [0, 0.05) is 10.0 Å². The highest BCUT2D eigenvalue weighted by atomic mass is 79.9. The first-order chi connectivity index (χ1) is 6.13. The van der Waals surface area contributed by atoms with Crippen LogP contribution in [0.5, 0.6) is 5.75 Å². The summed E-state index contributed by atoms with van der Waals surface area (Å²) in [5, 5.41) is 10.5. The van der Waals surface area contributed by atoms with E-state index in [0.29, 0.717) is 16.8 Å². The Morgan fingerprint density at radius 1 is 1.54 bits per heavy atom. The Morgan fingerprint density at radius 3 is 2.77 bits per heavy atom. The molecule has 0 bridgehead atoms. The highest BCUT2D eigenvalue weighted by Gasteiger charge is 2.00. The normalized spacial score (nSPS) is 9.69. The van der Waals surface area contributed by atoms with Crippen molar-refractivity contribution in [2.75, 3.05) is 6.61 Å². The third-order valence-corrected chi connectivity index (χ3v) is 1.88. The van der Waals surface area contributed by atoms with Crippen LogP contribution in [0.1, 0.15) is 17.3 Å². The molecule has 0 unspecified atom stereocenters. The van der Waals surface area contributed by atoms with Gasteiger partial charge >= 0.3 is 0 Å². The van der Waals surface area contributed by atoms with Crippen molar-refractivity contribution in [3.8, 4) is 5.75 Å². The first kappa shape index (κ1) is 10.1. The monoisotopic (exact) mass is 243 g/mol. The molecule has 0 spiro atoms. The minimum atomic E-state index is -1.21. The molecule has 4 heteroatoms. The standard InChI is InChI=1S/C9H9BrO3/c1-2-13-8-4-6(9(11)12)3-7(10)5-8/h3-5H,2H2,1H3,(H,11,12)/p-1. The van der Waals surface area contributed by atoms with Gasteiger partial charge in [0.25, 0.3) is 0 Å². The molecule has 0 aliphatic heterocycles. The van der Waals surface area contributed by atoms with E-state index >= 15 is 0 Å². The van der Waals surface area contributed by atoms with Crippen LogP contribution >= 0.6 is 15.9 Å². The number of rotatable bonds is 3. The molecule has 0 amide bonds. The average molecular weight is 244 g/mol. The molecule has 1 rings (SSSR count). The van der Waals surface area contributed by atoms with Gasteiger partial charge < -0.3 is 14.6 Å². The molecule has 13 heavy (non-hydrogen) atoms. The maximum Gasteiger partial charge on any atom is 0.121 e. The summed E-state index contributed by atoms with van der Waals surface area (Å²) in [6.45, 7) is 2.34. The quantitative estimate of drug-likeness (QED) is 0.802. The fourth-order valence-electron chi connectivity index (χ4n) is 0.931. The van der Waals surface area contributed by atoms with Crippen LogP contribution in [0.4, 0.5) is 0 Å². The molecule has 0 aromatic heterocycles. The Kier molecular flexibility index (Phi) is 3.31. The second-order valence-corrected chi connectivity index (χ2v) is 3.31. The number of hydrogen-bond donors (Lipinski definition) is 0. The molecular weight excluding hydrogens is 236 g/mol. The van der Waals surface area contributed by atoms with Crippen molar-refractivity contribution in [1.82, 2.24) is 0 Å². The van der Waals surface area contributed by atoms with Crippen molar-refractivity contribution in [2.24, 2.45) is 0 Å². The number of benzene rings is 1. The molecule has 0 aliphatic rings. The van der Waals surface area contributed by atoms with Crippen molar-refractivity contribution in [2.45, 2.75) is 6.92 Å². The topological polar surface area (TPSA) is 49.4 Å². The molecule has 1 aromatic carbocycles. The number of carbonyl (C=O) groups is 1. The van der Waals surface area contributed by atoms with Gasteiger partial charge in [0.15, 0.2) is 0 Å². The first-order valence-electron chi connectivity index (χ1n) is 3.78. The predicted octanol–water partition coefficient (Wildman–Crippen LogP) is 1.21. The van der Waals surface area contributed by atoms with Gasteiger partial charge in [0.05, 0.1) is 12.6 Å². The van der Waals surface area contributed by atoms with E-state index in [1.165, 1.54) is 12.1 Å². The van der Waals surface area contributed by atoms with Crippen molar-refractivity contribution in [3.63, 3.8) is 0 Å². The Hall–Kier alpha value is -1.03. The molecule has 0 N–H and O–H groups in total. The molecule has 1 aromatic rings. The smallest absolute Gasteiger partial charge is 0.121 e. The summed E-state index contributed by atoms with van der Waals surface area (Å²) in [6.07, 6.45) is 0. The first-order valence-corrected chi connectivity index (χ1v) is 4.57. The number of carbonyl (C=O) groups excluding carboxylic acids is 1. The van der Waals surface area contributed by atoms with Crippen molar-refractivity contribution in [1.29, 1.82) is 0 Å². The van der Waals surface area contributed by atoms with Crippen LogP contribution in [0.2, 0.25) is 0 Å². The zero-order valence-electron chi connectivity index (χ0n) is 7.04. The van der Waals surface area contributed by atoms with E-state index in [1.807, 2.05) is 6.92 Å². The van der Waals surface area contributed by atoms with Crippen molar-refractivity contribution >= 4 is 21.9 Å². The molecule has 0 saturated carbocycles. The van der Waals surface area contributed by atoms with Crippen molar-refractivity contribution < 1.29 is 14.6 Å². The lowest BCUT2D eigenvalue weighted by molar-refractivity contribution is -0.255. The van der Waals surface area contributed by atoms with Crippen molar-refractivity contribution in [3.05, 3.63) is 28.2 Å². The number of aromatic carboxylic acids is 1. The lowest BCUT2D eigenvalue weighted by Gasteiger charge is -2.07. The van der Waals surface area contributed by atoms with Gasteiger partial charge in [-0.05, 0) is 25.1 Å². The van der Waals surface area contributed by atoms with Gasteiger partial charge in [0.2, 0.25) is 0 Å². The minimum Gasteiger partial charge on any atom is -0.545 e.